The molecule has 3 aliphatic rings. The van der Waals surface area contributed by atoms with Crippen LogP contribution >= 0.6 is 24.0 Å². The van der Waals surface area contributed by atoms with Crippen LogP contribution < -0.4 is 5.32 Å². The molecule has 3 aliphatic heterocycles. The van der Waals surface area contributed by atoms with Gasteiger partial charge in [-0.05, 0) is 33.4 Å². The van der Waals surface area contributed by atoms with Gasteiger partial charge in [-0.1, -0.05) is 0 Å². The first-order chi connectivity index (χ1) is 13.6. The smallest absolute Gasteiger partial charge is 0.236 e. The van der Waals surface area contributed by atoms with Gasteiger partial charge in [-0.15, -0.1) is 24.0 Å². The molecular formula is C20H40IN7O. The molecule has 0 spiro atoms. The molecule has 168 valence electrons. The number of rotatable bonds is 4. The van der Waals surface area contributed by atoms with Crippen molar-refractivity contribution >= 4 is 35.8 Å². The SMILES string of the molecule is CN=C(NCC1CN(C)CCN1C)N1CCN(CC(=O)N2CCCCC2)CC1.I. The highest BCUT2D eigenvalue weighted by molar-refractivity contribution is 14.0. The van der Waals surface area contributed by atoms with Gasteiger partial charge in [0.2, 0.25) is 5.91 Å². The number of piperazine rings is 2. The van der Waals surface area contributed by atoms with Crippen LogP contribution in [0.5, 0.6) is 0 Å². The summed E-state index contributed by atoms with van der Waals surface area (Å²) in [6, 6.07) is 0.513. The zero-order chi connectivity index (χ0) is 19.9. The Morgan fingerprint density at radius 2 is 1.62 bits per heavy atom. The minimum absolute atomic E-state index is 0. The minimum atomic E-state index is 0. The number of hydrogen-bond donors (Lipinski definition) is 1. The van der Waals surface area contributed by atoms with Crippen molar-refractivity contribution in [3.63, 3.8) is 0 Å². The van der Waals surface area contributed by atoms with Gasteiger partial charge < -0.3 is 20.0 Å². The monoisotopic (exact) mass is 521 g/mol. The number of aliphatic imine (C=N–C) groups is 1. The third-order valence-corrected chi connectivity index (χ3v) is 6.43. The summed E-state index contributed by atoms with van der Waals surface area (Å²) in [5.74, 6) is 1.30. The van der Waals surface area contributed by atoms with Crippen LogP contribution in [0.25, 0.3) is 0 Å². The number of amides is 1. The van der Waals surface area contributed by atoms with E-state index in [4.69, 9.17) is 0 Å². The molecule has 0 aliphatic carbocycles. The van der Waals surface area contributed by atoms with Gasteiger partial charge >= 0.3 is 0 Å². The average Bonchev–Trinajstić information content (AvgIpc) is 2.72. The van der Waals surface area contributed by atoms with Crippen LogP contribution in [0.15, 0.2) is 4.99 Å². The Hall–Kier alpha value is -0.650. The second-order valence-corrected chi connectivity index (χ2v) is 8.53. The molecule has 1 N–H and O–H groups in total. The first-order valence-electron chi connectivity index (χ1n) is 10.9. The molecule has 0 aromatic rings. The van der Waals surface area contributed by atoms with Crippen LogP contribution in [0.2, 0.25) is 0 Å². The summed E-state index contributed by atoms with van der Waals surface area (Å²) in [5, 5.41) is 3.58. The number of nitrogens with one attached hydrogen (secondary N) is 1. The van der Waals surface area contributed by atoms with E-state index in [9.17, 15) is 4.79 Å². The van der Waals surface area contributed by atoms with Crippen molar-refractivity contribution < 1.29 is 4.79 Å². The quantitative estimate of drug-likeness (QED) is 0.321. The molecule has 0 radical (unpaired) electrons. The molecule has 1 amide bonds. The van der Waals surface area contributed by atoms with Crippen LogP contribution in [-0.4, -0.2) is 136 Å². The third kappa shape index (κ3) is 7.22. The number of likely N-dealkylation sites (tertiary alicyclic amines) is 1. The number of carbonyl (C=O) groups excluding carboxylic acids is 1. The summed E-state index contributed by atoms with van der Waals surface area (Å²) in [6.07, 6.45) is 3.59. The lowest BCUT2D eigenvalue weighted by Gasteiger charge is -2.40. The topological polar surface area (TPSA) is 57.7 Å². The normalized spacial score (nSPS) is 25.6. The third-order valence-electron chi connectivity index (χ3n) is 6.43. The zero-order valence-corrected chi connectivity index (χ0v) is 20.8. The lowest BCUT2D eigenvalue weighted by atomic mass is 10.1. The van der Waals surface area contributed by atoms with Crippen LogP contribution in [0.4, 0.5) is 0 Å². The molecule has 3 rings (SSSR count). The Morgan fingerprint density at radius 1 is 0.931 bits per heavy atom. The number of guanidine groups is 1. The lowest BCUT2D eigenvalue weighted by molar-refractivity contribution is -0.133. The summed E-state index contributed by atoms with van der Waals surface area (Å²) in [7, 11) is 6.27. The summed E-state index contributed by atoms with van der Waals surface area (Å²) in [5.41, 5.74) is 0. The molecule has 29 heavy (non-hydrogen) atoms. The minimum Gasteiger partial charge on any atom is -0.355 e. The van der Waals surface area contributed by atoms with E-state index in [-0.39, 0.29) is 24.0 Å². The van der Waals surface area contributed by atoms with Crippen molar-refractivity contribution in [2.45, 2.75) is 25.3 Å². The fourth-order valence-electron chi connectivity index (χ4n) is 4.42. The molecule has 0 bridgehead atoms. The highest BCUT2D eigenvalue weighted by atomic mass is 127. The fraction of sp³-hybridized carbons (Fsp3) is 0.900. The molecule has 3 fully saturated rings. The van der Waals surface area contributed by atoms with Gasteiger partial charge in [-0.25, -0.2) is 0 Å². The standard InChI is InChI=1S/C20H39N7O.HI/c1-21-20(22-15-18-16-23(2)9-10-24(18)3)27-13-11-25(12-14-27)17-19(28)26-7-5-4-6-8-26;/h18H,4-17H2,1-3H3,(H,21,22);1H. The Labute approximate surface area is 193 Å². The number of halogens is 1. The van der Waals surface area contributed by atoms with Gasteiger partial charge in [0, 0.05) is 78.5 Å². The van der Waals surface area contributed by atoms with E-state index in [1.165, 1.54) is 6.42 Å². The van der Waals surface area contributed by atoms with Gasteiger partial charge in [0.1, 0.15) is 0 Å². The second kappa shape index (κ2) is 12.3. The number of nitrogens with zero attached hydrogens (tertiary/aromatic N) is 6. The van der Waals surface area contributed by atoms with Crippen LogP contribution in [0, 0.1) is 0 Å². The summed E-state index contributed by atoms with van der Waals surface area (Å²) >= 11 is 0. The van der Waals surface area contributed by atoms with Gasteiger partial charge in [0.05, 0.1) is 6.54 Å². The van der Waals surface area contributed by atoms with Crippen LogP contribution in [0.3, 0.4) is 0 Å². The molecule has 3 saturated heterocycles. The Bertz CT molecular complexity index is 533. The fourth-order valence-corrected chi connectivity index (χ4v) is 4.42. The van der Waals surface area contributed by atoms with E-state index in [1.807, 2.05) is 11.9 Å². The molecule has 0 aromatic heterocycles. The molecule has 0 saturated carbocycles. The van der Waals surface area contributed by atoms with E-state index in [0.717, 1.165) is 84.2 Å². The summed E-state index contributed by atoms with van der Waals surface area (Å²) < 4.78 is 0. The van der Waals surface area contributed by atoms with E-state index in [1.54, 1.807) is 0 Å². The van der Waals surface area contributed by atoms with Crippen molar-refractivity contribution in [2.75, 3.05) is 93.1 Å². The van der Waals surface area contributed by atoms with Gasteiger partial charge in [0.25, 0.3) is 0 Å². The molecule has 8 nitrogen and oxygen atoms in total. The molecule has 1 unspecified atom stereocenters. The molecule has 9 heteroatoms. The van der Waals surface area contributed by atoms with Crippen LogP contribution in [0.1, 0.15) is 19.3 Å². The highest BCUT2D eigenvalue weighted by Gasteiger charge is 2.26. The van der Waals surface area contributed by atoms with Crippen LogP contribution in [-0.2, 0) is 4.79 Å². The van der Waals surface area contributed by atoms with E-state index in [0.29, 0.717) is 18.5 Å². The van der Waals surface area contributed by atoms with Crippen molar-refractivity contribution in [1.29, 1.82) is 0 Å². The lowest BCUT2D eigenvalue weighted by Crippen LogP contribution is -2.58. The first kappa shape index (κ1) is 24.6. The van der Waals surface area contributed by atoms with Crippen molar-refractivity contribution in [3.8, 4) is 0 Å². The maximum absolute atomic E-state index is 12.5. The Kier molecular flexibility index (Phi) is 10.4. The van der Waals surface area contributed by atoms with Crippen molar-refractivity contribution in [3.05, 3.63) is 0 Å². The molecule has 3 heterocycles. The molecular weight excluding hydrogens is 481 g/mol. The van der Waals surface area contributed by atoms with Crippen molar-refractivity contribution in [1.82, 2.24) is 29.8 Å². The van der Waals surface area contributed by atoms with Gasteiger partial charge in [-0.2, -0.15) is 0 Å². The molecule has 1 atom stereocenters. The highest BCUT2D eigenvalue weighted by Crippen LogP contribution is 2.10. The number of hydrogen-bond acceptors (Lipinski definition) is 5. The Morgan fingerprint density at radius 3 is 2.28 bits per heavy atom. The van der Waals surface area contributed by atoms with Crippen molar-refractivity contribution in [2.24, 2.45) is 4.99 Å². The second-order valence-electron chi connectivity index (χ2n) is 8.53. The van der Waals surface area contributed by atoms with Gasteiger partial charge in [0.15, 0.2) is 5.96 Å². The first-order valence-corrected chi connectivity index (χ1v) is 10.9. The maximum Gasteiger partial charge on any atom is 0.236 e. The maximum atomic E-state index is 12.5. The predicted molar refractivity (Wildman–Crippen MR) is 129 cm³/mol. The number of carbonyl (C=O) groups is 1. The summed E-state index contributed by atoms with van der Waals surface area (Å²) in [6.45, 7) is 10.4. The largest absolute Gasteiger partial charge is 0.355 e. The number of likely N-dealkylation sites (N-methyl/N-ethyl adjacent to an activating group) is 2. The average molecular weight is 521 g/mol. The Balaban J connectivity index is 0.00000300. The zero-order valence-electron chi connectivity index (χ0n) is 18.5. The van der Waals surface area contributed by atoms with E-state index < -0.39 is 0 Å². The predicted octanol–water partition coefficient (Wildman–Crippen LogP) is 0.0557. The summed E-state index contributed by atoms with van der Waals surface area (Å²) in [4.78, 5) is 28.5. The van der Waals surface area contributed by atoms with E-state index >= 15 is 0 Å². The van der Waals surface area contributed by atoms with E-state index in [2.05, 4.69) is 44.0 Å². The van der Waals surface area contributed by atoms with Gasteiger partial charge in [-0.3, -0.25) is 19.6 Å². The number of piperidine rings is 1. The molecule has 0 aromatic carbocycles.